The van der Waals surface area contributed by atoms with E-state index in [0.29, 0.717) is 23.7 Å². The summed E-state index contributed by atoms with van der Waals surface area (Å²) in [4.78, 5) is 34.4. The van der Waals surface area contributed by atoms with Crippen molar-refractivity contribution in [2.45, 2.75) is 19.0 Å². The predicted molar refractivity (Wildman–Crippen MR) is 89.9 cm³/mol. The number of thiazole rings is 1. The maximum Gasteiger partial charge on any atom is 0.319 e. The van der Waals surface area contributed by atoms with Crippen LogP contribution in [-0.4, -0.2) is 90.8 Å². The van der Waals surface area contributed by atoms with Gasteiger partial charge in [-0.1, -0.05) is 0 Å². The van der Waals surface area contributed by atoms with Crippen LogP contribution in [0.4, 0.5) is 4.79 Å². The SMILES string of the molecule is Cc1ncsc1C(=O)N1CCN(C(=O)N(C)C)[C@@H]2CS(=O)(=O)C[C@@H]21. The highest BCUT2D eigenvalue weighted by molar-refractivity contribution is 7.91. The first-order chi connectivity index (χ1) is 11.2. The Kier molecular flexibility index (Phi) is 4.28. The topological polar surface area (TPSA) is 90.9 Å². The zero-order valence-electron chi connectivity index (χ0n) is 13.8. The van der Waals surface area contributed by atoms with Crippen molar-refractivity contribution >= 4 is 33.1 Å². The number of urea groups is 1. The summed E-state index contributed by atoms with van der Waals surface area (Å²) in [7, 11) is -0.00908. The van der Waals surface area contributed by atoms with Crippen LogP contribution in [0, 0.1) is 6.92 Å². The zero-order valence-corrected chi connectivity index (χ0v) is 15.4. The molecular weight excluding hydrogens is 352 g/mol. The average molecular weight is 372 g/mol. The van der Waals surface area contributed by atoms with Gasteiger partial charge in [0.1, 0.15) is 4.88 Å². The van der Waals surface area contributed by atoms with Crippen molar-refractivity contribution in [3.05, 3.63) is 16.1 Å². The number of amides is 3. The molecule has 3 amide bonds. The van der Waals surface area contributed by atoms with Crippen LogP contribution in [0.5, 0.6) is 0 Å². The minimum Gasteiger partial charge on any atom is -0.331 e. The second kappa shape index (κ2) is 5.99. The van der Waals surface area contributed by atoms with E-state index in [-0.39, 0.29) is 23.4 Å². The third-order valence-electron chi connectivity index (χ3n) is 4.50. The number of hydrogen-bond acceptors (Lipinski definition) is 6. The van der Waals surface area contributed by atoms with Crippen molar-refractivity contribution in [2.24, 2.45) is 0 Å². The lowest BCUT2D eigenvalue weighted by Gasteiger charge is -2.44. The van der Waals surface area contributed by atoms with Crippen molar-refractivity contribution in [3.63, 3.8) is 0 Å². The fraction of sp³-hybridized carbons (Fsp3) is 0.643. The van der Waals surface area contributed by atoms with E-state index >= 15 is 0 Å². The number of nitrogens with zero attached hydrogens (tertiary/aromatic N) is 4. The van der Waals surface area contributed by atoms with Crippen LogP contribution in [0.2, 0.25) is 0 Å². The highest BCUT2D eigenvalue weighted by Gasteiger charge is 2.50. The number of rotatable bonds is 1. The maximum atomic E-state index is 12.8. The third kappa shape index (κ3) is 2.88. The highest BCUT2D eigenvalue weighted by atomic mass is 32.2. The molecule has 1 aromatic heterocycles. The first-order valence-electron chi connectivity index (χ1n) is 7.60. The fourth-order valence-electron chi connectivity index (χ4n) is 3.34. The molecule has 0 unspecified atom stereocenters. The van der Waals surface area contributed by atoms with Gasteiger partial charge in [0.15, 0.2) is 9.84 Å². The van der Waals surface area contributed by atoms with E-state index in [9.17, 15) is 18.0 Å². The summed E-state index contributed by atoms with van der Waals surface area (Å²) in [5, 5.41) is 0. The van der Waals surface area contributed by atoms with Crippen LogP contribution in [0.15, 0.2) is 5.51 Å². The minimum absolute atomic E-state index is 0.0945. The molecule has 2 aliphatic heterocycles. The monoisotopic (exact) mass is 372 g/mol. The highest BCUT2D eigenvalue weighted by Crippen LogP contribution is 2.29. The summed E-state index contributed by atoms with van der Waals surface area (Å²) >= 11 is 1.26. The molecule has 0 bridgehead atoms. The number of aryl methyl sites for hydroxylation is 1. The molecule has 8 nitrogen and oxygen atoms in total. The molecule has 0 aliphatic carbocycles. The quantitative estimate of drug-likeness (QED) is 0.695. The number of aromatic nitrogens is 1. The van der Waals surface area contributed by atoms with Gasteiger partial charge in [0.2, 0.25) is 0 Å². The molecule has 0 aromatic carbocycles. The number of sulfone groups is 1. The van der Waals surface area contributed by atoms with E-state index in [2.05, 4.69) is 4.98 Å². The Bertz CT molecular complexity index is 773. The molecule has 2 aliphatic rings. The van der Waals surface area contributed by atoms with Gasteiger partial charge in [-0.15, -0.1) is 11.3 Å². The minimum atomic E-state index is -3.28. The van der Waals surface area contributed by atoms with E-state index in [1.165, 1.54) is 16.2 Å². The summed E-state index contributed by atoms with van der Waals surface area (Å²) in [6, 6.07) is -1.21. The Morgan fingerprint density at radius 2 is 1.79 bits per heavy atom. The van der Waals surface area contributed by atoms with Crippen LogP contribution < -0.4 is 0 Å². The van der Waals surface area contributed by atoms with Crippen molar-refractivity contribution < 1.29 is 18.0 Å². The smallest absolute Gasteiger partial charge is 0.319 e. The van der Waals surface area contributed by atoms with Crippen LogP contribution >= 0.6 is 11.3 Å². The Hall–Kier alpha value is -1.68. The Balaban J connectivity index is 1.91. The molecule has 24 heavy (non-hydrogen) atoms. The summed E-state index contributed by atoms with van der Waals surface area (Å²) in [5.74, 6) is -0.389. The van der Waals surface area contributed by atoms with Crippen LogP contribution in [0.3, 0.4) is 0 Å². The van der Waals surface area contributed by atoms with Crippen molar-refractivity contribution in [1.29, 1.82) is 0 Å². The molecule has 2 saturated heterocycles. The summed E-state index contributed by atoms with van der Waals surface area (Å²) in [5.41, 5.74) is 2.26. The Labute approximate surface area is 145 Å². The summed E-state index contributed by atoms with van der Waals surface area (Å²) < 4.78 is 24.3. The Morgan fingerprint density at radius 1 is 1.21 bits per heavy atom. The molecule has 0 radical (unpaired) electrons. The van der Waals surface area contributed by atoms with Crippen molar-refractivity contribution in [3.8, 4) is 0 Å². The second-order valence-electron chi connectivity index (χ2n) is 6.35. The van der Waals surface area contributed by atoms with Crippen LogP contribution in [0.1, 0.15) is 15.4 Å². The van der Waals surface area contributed by atoms with Gasteiger partial charge in [0.05, 0.1) is 34.8 Å². The molecular formula is C14H20N4O4S2. The van der Waals surface area contributed by atoms with E-state index in [4.69, 9.17) is 0 Å². The molecule has 10 heteroatoms. The molecule has 2 fully saturated rings. The molecule has 0 spiro atoms. The number of fused-ring (bicyclic) bond motifs is 1. The lowest BCUT2D eigenvalue weighted by Crippen LogP contribution is -2.63. The molecule has 132 valence electrons. The van der Waals surface area contributed by atoms with Crippen LogP contribution in [0.25, 0.3) is 0 Å². The molecule has 1 aromatic rings. The van der Waals surface area contributed by atoms with Crippen LogP contribution in [-0.2, 0) is 9.84 Å². The number of carbonyl (C=O) groups excluding carboxylic acids is 2. The van der Waals surface area contributed by atoms with Crippen molar-refractivity contribution in [1.82, 2.24) is 19.7 Å². The number of piperazine rings is 1. The van der Waals surface area contributed by atoms with Gasteiger partial charge in [0, 0.05) is 27.2 Å². The molecule has 2 atom stereocenters. The molecule has 0 saturated carbocycles. The largest absolute Gasteiger partial charge is 0.331 e. The standard InChI is InChI=1S/C14H20N4O4S2/c1-9-12(23-8-15-9)13(19)17-4-5-18(14(20)16(2)3)11-7-24(21,22)6-10(11)17/h8,10-11H,4-7H2,1-3H3/t10-,11+/m0/s1. The summed E-state index contributed by atoms with van der Waals surface area (Å²) in [6.07, 6.45) is 0. The van der Waals surface area contributed by atoms with E-state index in [1.807, 2.05) is 0 Å². The van der Waals surface area contributed by atoms with Gasteiger partial charge in [0.25, 0.3) is 5.91 Å². The maximum absolute atomic E-state index is 12.8. The van der Waals surface area contributed by atoms with Gasteiger partial charge in [-0.05, 0) is 6.92 Å². The summed E-state index contributed by atoms with van der Waals surface area (Å²) in [6.45, 7) is 2.42. The van der Waals surface area contributed by atoms with Gasteiger partial charge >= 0.3 is 6.03 Å². The number of carbonyl (C=O) groups is 2. The lowest BCUT2D eigenvalue weighted by atomic mass is 10.0. The van der Waals surface area contributed by atoms with E-state index in [0.717, 1.165) is 0 Å². The predicted octanol–water partition coefficient (Wildman–Crippen LogP) is 0.0565. The first-order valence-corrected chi connectivity index (χ1v) is 10.3. The van der Waals surface area contributed by atoms with Gasteiger partial charge in [-0.2, -0.15) is 0 Å². The van der Waals surface area contributed by atoms with Gasteiger partial charge in [-0.3, -0.25) is 4.79 Å². The van der Waals surface area contributed by atoms with Gasteiger partial charge < -0.3 is 14.7 Å². The third-order valence-corrected chi connectivity index (χ3v) is 7.12. The van der Waals surface area contributed by atoms with E-state index in [1.54, 1.807) is 36.3 Å². The second-order valence-corrected chi connectivity index (χ2v) is 9.36. The van der Waals surface area contributed by atoms with Gasteiger partial charge in [-0.25, -0.2) is 18.2 Å². The molecule has 3 rings (SSSR count). The molecule has 3 heterocycles. The normalized spacial score (nSPS) is 25.5. The first kappa shape index (κ1) is 17.2. The van der Waals surface area contributed by atoms with E-state index < -0.39 is 21.9 Å². The lowest BCUT2D eigenvalue weighted by molar-refractivity contribution is 0.0396. The van der Waals surface area contributed by atoms with Crippen molar-refractivity contribution in [2.75, 3.05) is 38.7 Å². The average Bonchev–Trinajstić information content (AvgIpc) is 3.06. The molecule has 0 N–H and O–H groups in total. The Morgan fingerprint density at radius 3 is 2.33 bits per heavy atom. The number of hydrogen-bond donors (Lipinski definition) is 0. The fourth-order valence-corrected chi connectivity index (χ4v) is 6.08. The zero-order chi connectivity index (χ0) is 17.6.